The Labute approximate surface area is 119 Å². The Morgan fingerprint density at radius 3 is 2.79 bits per heavy atom. The summed E-state index contributed by atoms with van der Waals surface area (Å²) in [6.45, 7) is 8.83. The maximum absolute atomic E-state index is 12.6. The molecule has 2 rings (SSSR count). The number of benzene rings is 1. The van der Waals surface area contributed by atoms with E-state index in [2.05, 4.69) is 19.2 Å². The van der Waals surface area contributed by atoms with E-state index < -0.39 is 0 Å². The van der Waals surface area contributed by atoms with Gasteiger partial charge in [-0.25, -0.2) is 0 Å². The highest BCUT2D eigenvalue weighted by molar-refractivity contribution is 6.31. The van der Waals surface area contributed by atoms with E-state index in [1.165, 1.54) is 0 Å². The van der Waals surface area contributed by atoms with E-state index in [4.69, 9.17) is 11.6 Å². The van der Waals surface area contributed by atoms with Crippen molar-refractivity contribution < 1.29 is 4.79 Å². The highest BCUT2D eigenvalue weighted by Crippen LogP contribution is 2.31. The molecule has 1 heterocycles. The second-order valence-electron chi connectivity index (χ2n) is 5.86. The lowest BCUT2D eigenvalue weighted by Crippen LogP contribution is -2.30. The summed E-state index contributed by atoms with van der Waals surface area (Å²) in [4.78, 5) is 14.5. The molecule has 0 unspecified atom stereocenters. The molecule has 0 atom stereocenters. The number of hydrogen-bond acceptors (Lipinski definition) is 2. The number of nitrogens with zero attached hydrogens (tertiary/aromatic N) is 1. The van der Waals surface area contributed by atoms with E-state index in [1.807, 2.05) is 24.0 Å². The predicted octanol–water partition coefficient (Wildman–Crippen LogP) is 3.64. The van der Waals surface area contributed by atoms with Crippen LogP contribution in [0.4, 0.5) is 5.69 Å². The maximum Gasteiger partial charge on any atom is 0.256 e. The molecule has 0 aliphatic carbocycles. The second-order valence-corrected chi connectivity index (χ2v) is 6.30. The molecule has 1 amide bonds. The van der Waals surface area contributed by atoms with Crippen molar-refractivity contribution in [3.63, 3.8) is 0 Å². The predicted molar refractivity (Wildman–Crippen MR) is 79.9 cm³/mol. The van der Waals surface area contributed by atoms with Crippen LogP contribution in [0.3, 0.4) is 0 Å². The standard InChI is InChI=1S/C15H21ClN2O/c1-4-17-13-6-5-11(16)9-12(13)14(19)18-8-7-15(2,3)10-18/h5-6,9,17H,4,7-8,10H2,1-3H3. The summed E-state index contributed by atoms with van der Waals surface area (Å²) in [5.74, 6) is 0.0732. The van der Waals surface area contributed by atoms with Gasteiger partial charge in [-0.3, -0.25) is 4.79 Å². The number of anilines is 1. The molecule has 1 N–H and O–H groups in total. The smallest absolute Gasteiger partial charge is 0.256 e. The summed E-state index contributed by atoms with van der Waals surface area (Å²) in [6.07, 6.45) is 1.05. The van der Waals surface area contributed by atoms with Crippen molar-refractivity contribution in [1.29, 1.82) is 0 Å². The van der Waals surface area contributed by atoms with Gasteiger partial charge >= 0.3 is 0 Å². The van der Waals surface area contributed by atoms with Gasteiger partial charge in [0.2, 0.25) is 0 Å². The summed E-state index contributed by atoms with van der Waals surface area (Å²) < 4.78 is 0. The third kappa shape index (κ3) is 3.21. The van der Waals surface area contributed by atoms with Crippen LogP contribution in [0.5, 0.6) is 0 Å². The van der Waals surface area contributed by atoms with Crippen LogP contribution in [0.15, 0.2) is 18.2 Å². The molecule has 0 aromatic heterocycles. The fourth-order valence-corrected chi connectivity index (χ4v) is 2.67. The molecule has 0 bridgehead atoms. The van der Waals surface area contributed by atoms with Crippen molar-refractivity contribution in [2.45, 2.75) is 27.2 Å². The van der Waals surface area contributed by atoms with Gasteiger partial charge in [-0.1, -0.05) is 25.4 Å². The first-order valence-electron chi connectivity index (χ1n) is 6.75. The maximum atomic E-state index is 12.6. The van der Waals surface area contributed by atoms with Crippen molar-refractivity contribution in [3.8, 4) is 0 Å². The normalized spacial score (nSPS) is 17.6. The van der Waals surface area contributed by atoms with Crippen molar-refractivity contribution >= 4 is 23.2 Å². The molecule has 0 saturated carbocycles. The fraction of sp³-hybridized carbons (Fsp3) is 0.533. The van der Waals surface area contributed by atoms with Gasteiger partial charge in [0.1, 0.15) is 0 Å². The van der Waals surface area contributed by atoms with Crippen LogP contribution in [0, 0.1) is 5.41 Å². The molecule has 1 aromatic rings. The van der Waals surface area contributed by atoms with Crippen LogP contribution in [0.25, 0.3) is 0 Å². The summed E-state index contributed by atoms with van der Waals surface area (Å²) in [5, 5.41) is 3.82. The lowest BCUT2D eigenvalue weighted by molar-refractivity contribution is 0.0779. The van der Waals surface area contributed by atoms with Crippen LogP contribution >= 0.6 is 11.6 Å². The van der Waals surface area contributed by atoms with Gasteiger partial charge in [-0.2, -0.15) is 0 Å². The Morgan fingerprint density at radius 2 is 2.21 bits per heavy atom. The molecule has 1 aromatic carbocycles. The van der Waals surface area contributed by atoms with E-state index in [0.29, 0.717) is 10.6 Å². The topological polar surface area (TPSA) is 32.3 Å². The SMILES string of the molecule is CCNc1ccc(Cl)cc1C(=O)N1CCC(C)(C)C1. The number of halogens is 1. The summed E-state index contributed by atoms with van der Waals surface area (Å²) in [7, 11) is 0. The molecule has 1 aliphatic rings. The van der Waals surface area contributed by atoms with Crippen molar-refractivity contribution in [2.75, 3.05) is 25.0 Å². The van der Waals surface area contributed by atoms with Gasteiger partial charge in [0.25, 0.3) is 5.91 Å². The average Bonchev–Trinajstić information content (AvgIpc) is 2.71. The van der Waals surface area contributed by atoms with Gasteiger partial charge in [0.15, 0.2) is 0 Å². The van der Waals surface area contributed by atoms with E-state index in [0.717, 1.165) is 31.7 Å². The van der Waals surface area contributed by atoms with Gasteiger partial charge in [-0.15, -0.1) is 0 Å². The molecule has 1 fully saturated rings. The average molecular weight is 281 g/mol. The number of nitrogens with one attached hydrogen (secondary N) is 1. The third-order valence-corrected chi connectivity index (χ3v) is 3.78. The van der Waals surface area contributed by atoms with Crippen LogP contribution in [0.1, 0.15) is 37.6 Å². The molecule has 1 saturated heterocycles. The van der Waals surface area contributed by atoms with Gasteiger partial charge in [-0.05, 0) is 37.0 Å². The lowest BCUT2D eigenvalue weighted by atomic mass is 9.93. The first-order valence-corrected chi connectivity index (χ1v) is 7.13. The number of amides is 1. The van der Waals surface area contributed by atoms with E-state index >= 15 is 0 Å². The number of hydrogen-bond donors (Lipinski definition) is 1. The Balaban J connectivity index is 2.25. The van der Waals surface area contributed by atoms with Crippen molar-refractivity contribution in [2.24, 2.45) is 5.41 Å². The Kier molecular flexibility index (Phi) is 4.04. The first-order chi connectivity index (χ1) is 8.93. The second kappa shape index (κ2) is 5.41. The fourth-order valence-electron chi connectivity index (χ4n) is 2.49. The minimum atomic E-state index is 0.0732. The van der Waals surface area contributed by atoms with E-state index in [-0.39, 0.29) is 11.3 Å². The zero-order valence-corrected chi connectivity index (χ0v) is 12.5. The Morgan fingerprint density at radius 1 is 1.47 bits per heavy atom. The molecule has 19 heavy (non-hydrogen) atoms. The molecule has 0 radical (unpaired) electrons. The largest absolute Gasteiger partial charge is 0.385 e. The quantitative estimate of drug-likeness (QED) is 0.917. The number of carbonyl (C=O) groups excluding carboxylic acids is 1. The molecular formula is C15H21ClN2O. The minimum absolute atomic E-state index is 0.0732. The summed E-state index contributed by atoms with van der Waals surface area (Å²) in [6, 6.07) is 5.44. The minimum Gasteiger partial charge on any atom is -0.385 e. The van der Waals surface area contributed by atoms with Gasteiger partial charge in [0.05, 0.1) is 5.56 Å². The van der Waals surface area contributed by atoms with Gasteiger partial charge < -0.3 is 10.2 Å². The summed E-state index contributed by atoms with van der Waals surface area (Å²) in [5.41, 5.74) is 1.75. The number of rotatable bonds is 3. The molecule has 0 spiro atoms. The zero-order valence-electron chi connectivity index (χ0n) is 11.8. The van der Waals surface area contributed by atoms with Crippen LogP contribution < -0.4 is 5.32 Å². The zero-order chi connectivity index (χ0) is 14.0. The first kappa shape index (κ1) is 14.2. The number of carbonyl (C=O) groups is 1. The van der Waals surface area contributed by atoms with Crippen LogP contribution in [-0.2, 0) is 0 Å². The van der Waals surface area contributed by atoms with E-state index in [1.54, 1.807) is 6.07 Å². The number of likely N-dealkylation sites (tertiary alicyclic amines) is 1. The highest BCUT2D eigenvalue weighted by atomic mass is 35.5. The highest BCUT2D eigenvalue weighted by Gasteiger charge is 2.33. The molecule has 1 aliphatic heterocycles. The Hall–Kier alpha value is -1.22. The van der Waals surface area contributed by atoms with Crippen molar-refractivity contribution in [3.05, 3.63) is 28.8 Å². The molecule has 3 nitrogen and oxygen atoms in total. The third-order valence-electron chi connectivity index (χ3n) is 3.54. The molecule has 104 valence electrons. The lowest BCUT2D eigenvalue weighted by Gasteiger charge is -2.21. The van der Waals surface area contributed by atoms with E-state index in [9.17, 15) is 4.79 Å². The summed E-state index contributed by atoms with van der Waals surface area (Å²) >= 11 is 6.03. The van der Waals surface area contributed by atoms with Crippen molar-refractivity contribution in [1.82, 2.24) is 4.90 Å². The molecule has 4 heteroatoms. The molecular weight excluding hydrogens is 260 g/mol. The monoisotopic (exact) mass is 280 g/mol. The van der Waals surface area contributed by atoms with Gasteiger partial charge in [0, 0.05) is 30.3 Å². The van der Waals surface area contributed by atoms with Crippen LogP contribution in [0.2, 0.25) is 5.02 Å². The van der Waals surface area contributed by atoms with Crippen LogP contribution in [-0.4, -0.2) is 30.4 Å². The Bertz CT molecular complexity index is 485.